The SMILES string of the molecule is C=C(C)C(=O)OCC[N+](C)(C)Cc1ccccc1.C=C(CC)C(=O)O.[Cl-]. The molecule has 0 aliphatic rings. The van der Waals surface area contributed by atoms with Crippen LogP contribution in [0.25, 0.3) is 0 Å². The minimum atomic E-state index is -0.900. The largest absolute Gasteiger partial charge is 1.00 e. The molecule has 0 unspecified atom stereocenters. The molecule has 26 heavy (non-hydrogen) atoms. The molecule has 0 fully saturated rings. The maximum Gasteiger partial charge on any atom is 0.333 e. The Morgan fingerprint density at radius 1 is 1.15 bits per heavy atom. The van der Waals surface area contributed by atoms with Crippen molar-refractivity contribution in [1.29, 1.82) is 0 Å². The van der Waals surface area contributed by atoms with E-state index in [2.05, 4.69) is 39.4 Å². The molecule has 1 aromatic carbocycles. The summed E-state index contributed by atoms with van der Waals surface area (Å²) in [6.45, 7) is 12.4. The van der Waals surface area contributed by atoms with Crippen molar-refractivity contribution in [3.63, 3.8) is 0 Å². The summed E-state index contributed by atoms with van der Waals surface area (Å²) in [5.74, 6) is -1.21. The molecule has 1 aromatic rings. The normalized spacial score (nSPS) is 9.85. The highest BCUT2D eigenvalue weighted by molar-refractivity contribution is 5.86. The van der Waals surface area contributed by atoms with Gasteiger partial charge in [0.05, 0.1) is 14.1 Å². The number of carboxylic acids is 1. The van der Waals surface area contributed by atoms with Crippen LogP contribution in [0.3, 0.4) is 0 Å². The highest BCUT2D eigenvalue weighted by Gasteiger charge is 2.16. The van der Waals surface area contributed by atoms with Gasteiger partial charge in [-0.3, -0.25) is 0 Å². The number of carbonyl (C=O) groups is 2. The lowest BCUT2D eigenvalue weighted by molar-refractivity contribution is -0.903. The van der Waals surface area contributed by atoms with Crippen LogP contribution in [0.5, 0.6) is 0 Å². The molecule has 0 aliphatic heterocycles. The second-order valence-electron chi connectivity index (χ2n) is 6.48. The highest BCUT2D eigenvalue weighted by atomic mass is 35.5. The Morgan fingerprint density at radius 2 is 1.69 bits per heavy atom. The molecule has 1 N–H and O–H groups in total. The van der Waals surface area contributed by atoms with Crippen molar-refractivity contribution < 1.29 is 36.3 Å². The van der Waals surface area contributed by atoms with E-state index in [0.717, 1.165) is 17.6 Å². The van der Waals surface area contributed by atoms with Crippen molar-refractivity contribution in [3.05, 3.63) is 60.2 Å². The van der Waals surface area contributed by atoms with Crippen molar-refractivity contribution in [3.8, 4) is 0 Å². The van der Waals surface area contributed by atoms with Crippen LogP contribution in [0.1, 0.15) is 25.8 Å². The van der Waals surface area contributed by atoms with Crippen LogP contribution in [0.2, 0.25) is 0 Å². The fourth-order valence-electron chi connectivity index (χ4n) is 1.82. The second-order valence-corrected chi connectivity index (χ2v) is 6.48. The van der Waals surface area contributed by atoms with Crippen LogP contribution in [0.15, 0.2) is 54.6 Å². The van der Waals surface area contributed by atoms with E-state index in [9.17, 15) is 9.59 Å². The van der Waals surface area contributed by atoms with Gasteiger partial charge >= 0.3 is 11.9 Å². The van der Waals surface area contributed by atoms with Crippen LogP contribution < -0.4 is 12.4 Å². The third-order valence-electron chi connectivity index (χ3n) is 3.46. The van der Waals surface area contributed by atoms with Crippen LogP contribution in [-0.2, 0) is 20.9 Å². The maximum atomic E-state index is 11.3. The Kier molecular flexibility index (Phi) is 13.2. The molecule has 0 saturated heterocycles. The molecule has 0 heterocycles. The molecule has 0 aliphatic carbocycles. The standard InChI is InChI=1S/C15H22NO2.C5H8O2.ClH/c1-13(2)15(17)18-11-10-16(3,4)12-14-8-6-5-7-9-14;1-3-4(2)5(6)7;/h5-9H,1,10-12H2,2-4H3;2-3H2,1H3,(H,6,7);1H/q+1;;/p-1. The number of halogens is 1. The number of ether oxygens (including phenoxy) is 1. The van der Waals surface area contributed by atoms with E-state index < -0.39 is 5.97 Å². The van der Waals surface area contributed by atoms with Crippen molar-refractivity contribution in [1.82, 2.24) is 0 Å². The van der Waals surface area contributed by atoms with E-state index in [1.54, 1.807) is 13.8 Å². The summed E-state index contributed by atoms with van der Waals surface area (Å²) >= 11 is 0. The Hall–Kier alpha value is -2.11. The molecule has 0 bridgehead atoms. The first-order valence-electron chi connectivity index (χ1n) is 8.18. The summed E-state index contributed by atoms with van der Waals surface area (Å²) < 4.78 is 5.91. The van der Waals surface area contributed by atoms with Gasteiger partial charge in [0.2, 0.25) is 0 Å². The highest BCUT2D eigenvalue weighted by Crippen LogP contribution is 2.08. The van der Waals surface area contributed by atoms with Crippen molar-refractivity contribution >= 4 is 11.9 Å². The predicted octanol–water partition coefficient (Wildman–Crippen LogP) is 0.424. The number of quaternary nitrogens is 1. The summed E-state index contributed by atoms with van der Waals surface area (Å²) in [4.78, 5) is 21.1. The summed E-state index contributed by atoms with van der Waals surface area (Å²) in [7, 11) is 4.25. The monoisotopic (exact) mass is 383 g/mol. The lowest BCUT2D eigenvalue weighted by atomic mass is 10.2. The predicted molar refractivity (Wildman–Crippen MR) is 100.0 cm³/mol. The zero-order valence-corrected chi connectivity index (χ0v) is 16.9. The average Bonchev–Trinajstić information content (AvgIpc) is 2.54. The van der Waals surface area contributed by atoms with E-state index in [0.29, 0.717) is 18.6 Å². The van der Waals surface area contributed by atoms with Gasteiger partial charge in [-0.1, -0.05) is 50.4 Å². The van der Waals surface area contributed by atoms with Gasteiger partial charge in [0.25, 0.3) is 0 Å². The van der Waals surface area contributed by atoms with Crippen LogP contribution in [0.4, 0.5) is 0 Å². The average molecular weight is 384 g/mol. The summed E-state index contributed by atoms with van der Waals surface area (Å²) in [6, 6.07) is 10.3. The number of rotatable bonds is 8. The van der Waals surface area contributed by atoms with Gasteiger partial charge in [-0.2, -0.15) is 0 Å². The summed E-state index contributed by atoms with van der Waals surface area (Å²) in [5.41, 5.74) is 2.00. The molecule has 146 valence electrons. The molecule has 6 heteroatoms. The number of aliphatic carboxylic acids is 1. The fraction of sp³-hybridized carbons (Fsp3) is 0.400. The third kappa shape index (κ3) is 12.3. The van der Waals surface area contributed by atoms with E-state index in [4.69, 9.17) is 9.84 Å². The molecule has 1 rings (SSSR count). The zero-order valence-electron chi connectivity index (χ0n) is 16.1. The van der Waals surface area contributed by atoms with E-state index in [-0.39, 0.29) is 23.9 Å². The van der Waals surface area contributed by atoms with Gasteiger partial charge in [0.1, 0.15) is 19.7 Å². The third-order valence-corrected chi connectivity index (χ3v) is 3.46. The molecule has 0 amide bonds. The molecular formula is C20H30ClNO4. The van der Waals surface area contributed by atoms with Gasteiger partial charge in [-0.05, 0) is 13.3 Å². The molecular weight excluding hydrogens is 354 g/mol. The maximum absolute atomic E-state index is 11.3. The Balaban J connectivity index is 0. The first-order chi connectivity index (χ1) is 11.6. The van der Waals surface area contributed by atoms with Gasteiger partial charge in [0, 0.05) is 16.7 Å². The van der Waals surface area contributed by atoms with Gasteiger partial charge < -0.3 is 26.7 Å². The van der Waals surface area contributed by atoms with Gasteiger partial charge in [-0.15, -0.1) is 0 Å². The number of nitrogens with zero attached hydrogens (tertiary/aromatic N) is 1. The molecule has 0 aromatic heterocycles. The number of benzene rings is 1. The van der Waals surface area contributed by atoms with E-state index in [1.807, 2.05) is 18.2 Å². The number of esters is 1. The summed E-state index contributed by atoms with van der Waals surface area (Å²) in [5, 5.41) is 8.08. The van der Waals surface area contributed by atoms with Crippen LogP contribution >= 0.6 is 0 Å². The van der Waals surface area contributed by atoms with E-state index in [1.165, 1.54) is 5.56 Å². The lowest BCUT2D eigenvalue weighted by Crippen LogP contribution is -3.00. The second kappa shape index (κ2) is 13.1. The van der Waals surface area contributed by atoms with Gasteiger partial charge in [0.15, 0.2) is 0 Å². The smallest absolute Gasteiger partial charge is 0.333 e. The zero-order chi connectivity index (χ0) is 19.5. The topological polar surface area (TPSA) is 63.6 Å². The van der Waals surface area contributed by atoms with Crippen LogP contribution in [0, 0.1) is 0 Å². The number of hydrogen-bond donors (Lipinski definition) is 1. The molecule has 0 spiro atoms. The lowest BCUT2D eigenvalue weighted by Gasteiger charge is -2.29. The number of carboxylic acid groups (broad SMARTS) is 1. The molecule has 0 radical (unpaired) electrons. The Morgan fingerprint density at radius 3 is 2.08 bits per heavy atom. The van der Waals surface area contributed by atoms with E-state index >= 15 is 0 Å². The Bertz CT molecular complexity index is 597. The van der Waals surface area contributed by atoms with Crippen molar-refractivity contribution in [2.24, 2.45) is 0 Å². The number of likely N-dealkylation sites (N-methyl/N-ethyl adjacent to an activating group) is 1. The van der Waals surface area contributed by atoms with Crippen molar-refractivity contribution in [2.75, 3.05) is 27.2 Å². The first kappa shape index (κ1) is 26.1. The first-order valence-corrected chi connectivity index (χ1v) is 8.18. The van der Waals surface area contributed by atoms with Crippen molar-refractivity contribution in [2.45, 2.75) is 26.8 Å². The fourth-order valence-corrected chi connectivity index (χ4v) is 1.82. The van der Waals surface area contributed by atoms with Crippen LogP contribution in [-0.4, -0.2) is 48.8 Å². The minimum absolute atomic E-state index is 0. The molecule has 5 nitrogen and oxygen atoms in total. The van der Waals surface area contributed by atoms with Gasteiger partial charge in [-0.25, -0.2) is 9.59 Å². The quantitative estimate of drug-likeness (QED) is 0.401. The molecule has 0 atom stereocenters. The number of hydrogen-bond acceptors (Lipinski definition) is 3. The molecule has 0 saturated carbocycles. The summed E-state index contributed by atoms with van der Waals surface area (Å²) in [6.07, 6.45) is 0.523. The number of carbonyl (C=O) groups excluding carboxylic acids is 1. The Labute approximate surface area is 163 Å². The minimum Gasteiger partial charge on any atom is -1.00 e.